The van der Waals surface area contributed by atoms with Gasteiger partial charge in [-0.3, -0.25) is 14.2 Å². The fraction of sp³-hybridized carbons (Fsp3) is 0.444. The van der Waals surface area contributed by atoms with Crippen molar-refractivity contribution in [2.45, 2.75) is 45.7 Å². The first-order valence-electron chi connectivity index (χ1n) is 12.7. The molecule has 4 rings (SSSR count). The molecular formula is C27H34ClN7O3. The van der Waals surface area contributed by atoms with Crippen molar-refractivity contribution in [1.29, 1.82) is 0 Å². The Morgan fingerprint density at radius 2 is 1.92 bits per heavy atom. The van der Waals surface area contributed by atoms with E-state index in [0.29, 0.717) is 37.8 Å². The van der Waals surface area contributed by atoms with E-state index < -0.39 is 0 Å². The topological polar surface area (TPSA) is 105 Å². The number of nitrogens with one attached hydrogen (secondary N) is 1. The molecule has 1 N–H and O–H groups in total. The average Bonchev–Trinajstić information content (AvgIpc) is 3.43. The molecule has 38 heavy (non-hydrogen) atoms. The number of aromatic nitrogens is 4. The van der Waals surface area contributed by atoms with Crippen LogP contribution >= 0.6 is 11.6 Å². The lowest BCUT2D eigenvalue weighted by Gasteiger charge is -2.42. The van der Waals surface area contributed by atoms with Gasteiger partial charge in [0.15, 0.2) is 0 Å². The van der Waals surface area contributed by atoms with E-state index in [1.54, 1.807) is 36.5 Å². The van der Waals surface area contributed by atoms with Gasteiger partial charge in [0.05, 0.1) is 19.2 Å². The van der Waals surface area contributed by atoms with Gasteiger partial charge in [0.1, 0.15) is 23.0 Å². The Bertz CT molecular complexity index is 1230. The summed E-state index contributed by atoms with van der Waals surface area (Å²) in [6, 6.07) is 8.83. The van der Waals surface area contributed by atoms with Crippen molar-refractivity contribution in [3.8, 4) is 11.7 Å². The molecule has 11 heteroatoms. The molecule has 3 heterocycles. The molecule has 0 radical (unpaired) electrons. The molecule has 1 aliphatic rings. The molecule has 1 aliphatic heterocycles. The zero-order valence-electron chi connectivity index (χ0n) is 22.2. The van der Waals surface area contributed by atoms with E-state index >= 15 is 0 Å². The minimum atomic E-state index is -0.287. The molecule has 202 valence electrons. The van der Waals surface area contributed by atoms with Crippen LogP contribution in [0.15, 0.2) is 49.1 Å². The Balaban J connectivity index is 1.54. The van der Waals surface area contributed by atoms with Crippen molar-refractivity contribution in [3.05, 3.63) is 59.8 Å². The molecule has 1 saturated heterocycles. The van der Waals surface area contributed by atoms with Crippen molar-refractivity contribution in [3.63, 3.8) is 0 Å². The van der Waals surface area contributed by atoms with Crippen LogP contribution in [0.1, 0.15) is 45.2 Å². The second-order valence-electron chi connectivity index (χ2n) is 9.87. The molecule has 2 amide bonds. The zero-order chi connectivity index (χ0) is 27.2. The Hall–Kier alpha value is -3.66. The molecular weight excluding hydrogens is 506 g/mol. The monoisotopic (exact) mass is 539 g/mol. The first kappa shape index (κ1) is 27.4. The summed E-state index contributed by atoms with van der Waals surface area (Å²) in [5, 5.41) is 3.38. The lowest BCUT2D eigenvalue weighted by Crippen LogP contribution is -2.56. The maximum Gasteiger partial charge on any atom is 0.238 e. The van der Waals surface area contributed by atoms with E-state index in [1.807, 2.05) is 54.8 Å². The summed E-state index contributed by atoms with van der Waals surface area (Å²) in [7, 11) is 1.62. The molecule has 3 aromatic rings. The summed E-state index contributed by atoms with van der Waals surface area (Å²) in [5.41, 5.74) is 0.973. The van der Waals surface area contributed by atoms with Crippen LogP contribution in [0.4, 0.5) is 5.82 Å². The van der Waals surface area contributed by atoms with Gasteiger partial charge in [0.25, 0.3) is 0 Å². The standard InChI is InChI=1S/C27H34ClN7O3/c1-18(2)13-26(37)33-11-12-35(24-15-23(28)31-27(32-24)34-10-9-29-17-34)21(16-33)14-25(36)30-19(3)20-5-7-22(38-4)8-6-20/h5-10,15,17-19,21H,11-14,16H2,1-4H3,(H,30,36). The van der Waals surface area contributed by atoms with Crippen LogP contribution < -0.4 is 15.0 Å². The van der Waals surface area contributed by atoms with Gasteiger partial charge in [0, 0.05) is 50.9 Å². The summed E-state index contributed by atoms with van der Waals surface area (Å²) in [5.74, 6) is 1.99. The highest BCUT2D eigenvalue weighted by Crippen LogP contribution is 2.25. The third kappa shape index (κ3) is 6.80. The number of hydrogen-bond acceptors (Lipinski definition) is 7. The molecule has 0 bridgehead atoms. The number of nitrogens with zero attached hydrogens (tertiary/aromatic N) is 6. The number of halogens is 1. The maximum atomic E-state index is 13.2. The maximum absolute atomic E-state index is 13.2. The second-order valence-corrected chi connectivity index (χ2v) is 10.3. The summed E-state index contributed by atoms with van der Waals surface area (Å²) in [6.07, 6.45) is 5.64. The number of hydrogen-bond donors (Lipinski definition) is 1. The van der Waals surface area contributed by atoms with Gasteiger partial charge in [-0.05, 0) is 30.5 Å². The van der Waals surface area contributed by atoms with E-state index in [1.165, 1.54) is 0 Å². The van der Waals surface area contributed by atoms with Crippen molar-refractivity contribution in [2.24, 2.45) is 5.92 Å². The lowest BCUT2D eigenvalue weighted by atomic mass is 10.0. The highest BCUT2D eigenvalue weighted by atomic mass is 35.5. The van der Waals surface area contributed by atoms with Gasteiger partial charge in [0.2, 0.25) is 17.8 Å². The van der Waals surface area contributed by atoms with Crippen LogP contribution in [0.5, 0.6) is 5.75 Å². The number of anilines is 1. The van der Waals surface area contributed by atoms with E-state index in [-0.39, 0.29) is 41.4 Å². The van der Waals surface area contributed by atoms with Crippen LogP contribution in [0.2, 0.25) is 5.15 Å². The minimum Gasteiger partial charge on any atom is -0.497 e. The van der Waals surface area contributed by atoms with E-state index in [0.717, 1.165) is 11.3 Å². The molecule has 1 fully saturated rings. The predicted octanol–water partition coefficient (Wildman–Crippen LogP) is 3.66. The summed E-state index contributed by atoms with van der Waals surface area (Å²) in [6.45, 7) is 7.47. The van der Waals surface area contributed by atoms with Crippen molar-refractivity contribution in [2.75, 3.05) is 31.6 Å². The Kier molecular flexibility index (Phi) is 8.83. The number of benzene rings is 1. The molecule has 0 saturated carbocycles. The second kappa shape index (κ2) is 12.3. The highest BCUT2D eigenvalue weighted by molar-refractivity contribution is 6.29. The third-order valence-electron chi connectivity index (χ3n) is 6.53. The van der Waals surface area contributed by atoms with E-state index in [2.05, 4.69) is 15.3 Å². The Morgan fingerprint density at radius 3 is 2.58 bits per heavy atom. The number of imidazole rings is 1. The van der Waals surface area contributed by atoms with E-state index in [9.17, 15) is 9.59 Å². The Morgan fingerprint density at radius 1 is 1.16 bits per heavy atom. The van der Waals surface area contributed by atoms with Gasteiger partial charge >= 0.3 is 0 Å². The van der Waals surface area contributed by atoms with Crippen LogP contribution in [0.25, 0.3) is 5.95 Å². The molecule has 0 aliphatic carbocycles. The minimum absolute atomic E-state index is 0.0940. The lowest BCUT2D eigenvalue weighted by molar-refractivity contribution is -0.133. The average molecular weight is 540 g/mol. The summed E-state index contributed by atoms with van der Waals surface area (Å²) < 4.78 is 6.90. The first-order chi connectivity index (χ1) is 18.2. The fourth-order valence-electron chi connectivity index (χ4n) is 4.56. The molecule has 1 aromatic carbocycles. The SMILES string of the molecule is COc1ccc(C(C)NC(=O)CC2CN(C(=O)CC(C)C)CCN2c2cc(Cl)nc(-n3ccnc3)n2)cc1. The summed E-state index contributed by atoms with van der Waals surface area (Å²) >= 11 is 6.37. The number of amides is 2. The number of piperazine rings is 1. The number of ether oxygens (including phenoxy) is 1. The number of methoxy groups -OCH3 is 1. The fourth-order valence-corrected chi connectivity index (χ4v) is 4.73. The predicted molar refractivity (Wildman–Crippen MR) is 146 cm³/mol. The number of carbonyl (C=O) groups is 2. The smallest absolute Gasteiger partial charge is 0.238 e. The molecule has 2 unspecified atom stereocenters. The van der Waals surface area contributed by atoms with Gasteiger partial charge in [-0.2, -0.15) is 4.98 Å². The van der Waals surface area contributed by atoms with Crippen LogP contribution in [0, 0.1) is 5.92 Å². The van der Waals surface area contributed by atoms with Gasteiger partial charge in [-0.15, -0.1) is 0 Å². The summed E-state index contributed by atoms with van der Waals surface area (Å²) in [4.78, 5) is 43.1. The van der Waals surface area contributed by atoms with E-state index in [4.69, 9.17) is 21.3 Å². The highest BCUT2D eigenvalue weighted by Gasteiger charge is 2.33. The van der Waals surface area contributed by atoms with Gasteiger partial charge < -0.3 is 19.9 Å². The van der Waals surface area contributed by atoms with Gasteiger partial charge in [-0.1, -0.05) is 37.6 Å². The third-order valence-corrected chi connectivity index (χ3v) is 6.73. The quantitative estimate of drug-likeness (QED) is 0.414. The molecule has 2 aromatic heterocycles. The Labute approximate surface area is 228 Å². The number of rotatable bonds is 9. The van der Waals surface area contributed by atoms with Crippen LogP contribution in [-0.2, 0) is 9.59 Å². The molecule has 2 atom stereocenters. The molecule has 0 spiro atoms. The van der Waals surface area contributed by atoms with Crippen molar-refractivity contribution < 1.29 is 14.3 Å². The van der Waals surface area contributed by atoms with Crippen LogP contribution in [0.3, 0.4) is 0 Å². The van der Waals surface area contributed by atoms with Crippen LogP contribution in [-0.4, -0.2) is 69.0 Å². The normalized spacial score (nSPS) is 16.4. The largest absolute Gasteiger partial charge is 0.497 e. The zero-order valence-corrected chi connectivity index (χ0v) is 22.9. The first-order valence-corrected chi connectivity index (χ1v) is 13.1. The van der Waals surface area contributed by atoms with Crippen molar-refractivity contribution >= 4 is 29.2 Å². The van der Waals surface area contributed by atoms with Gasteiger partial charge in [-0.25, -0.2) is 9.97 Å². The number of carbonyl (C=O) groups excluding carboxylic acids is 2. The van der Waals surface area contributed by atoms with Crippen molar-refractivity contribution in [1.82, 2.24) is 29.7 Å². The molecule has 10 nitrogen and oxygen atoms in total.